The number of nitrogens with one attached hydrogen (secondary N) is 1. The number of hydrogen-bond donors (Lipinski definition) is 1. The van der Waals surface area contributed by atoms with Gasteiger partial charge in [-0.1, -0.05) is 23.1 Å². The van der Waals surface area contributed by atoms with Gasteiger partial charge < -0.3 is 9.47 Å². The van der Waals surface area contributed by atoms with Crippen LogP contribution in [-0.2, 0) is 4.74 Å². The Labute approximate surface area is 175 Å². The highest BCUT2D eigenvalue weighted by Gasteiger charge is 2.20. The number of nitrogens with zero attached hydrogens (tertiary/aromatic N) is 4. The zero-order valence-electron chi connectivity index (χ0n) is 15.9. The zero-order chi connectivity index (χ0) is 20.6. The summed E-state index contributed by atoms with van der Waals surface area (Å²) in [7, 11) is 0. The van der Waals surface area contributed by atoms with Gasteiger partial charge in [0.05, 0.1) is 25.1 Å². The van der Waals surface area contributed by atoms with Crippen molar-refractivity contribution in [3.05, 3.63) is 42.0 Å². The van der Waals surface area contributed by atoms with E-state index in [1.807, 2.05) is 13.8 Å². The molecule has 29 heavy (non-hydrogen) atoms. The van der Waals surface area contributed by atoms with Crippen LogP contribution in [0.15, 0.2) is 34.8 Å². The number of ether oxygens (including phenoxy) is 2. The quantitative estimate of drug-likeness (QED) is 0.294. The van der Waals surface area contributed by atoms with Crippen LogP contribution in [0.2, 0.25) is 0 Å². The molecule has 0 aliphatic heterocycles. The Morgan fingerprint density at radius 3 is 2.76 bits per heavy atom. The molecule has 0 aliphatic carbocycles. The van der Waals surface area contributed by atoms with Crippen LogP contribution in [-0.4, -0.2) is 51.5 Å². The minimum absolute atomic E-state index is 0.108. The molecule has 1 aromatic carbocycles. The Morgan fingerprint density at radius 1 is 1.24 bits per heavy atom. The van der Waals surface area contributed by atoms with Crippen LogP contribution >= 0.6 is 23.1 Å². The van der Waals surface area contributed by atoms with Crippen molar-refractivity contribution in [2.24, 2.45) is 0 Å². The van der Waals surface area contributed by atoms with E-state index in [0.29, 0.717) is 36.4 Å². The van der Waals surface area contributed by atoms with Gasteiger partial charge >= 0.3 is 0 Å². The number of thioether (sulfide) groups is 1. The monoisotopic (exact) mass is 437 g/mol. The van der Waals surface area contributed by atoms with Crippen molar-refractivity contribution in [2.75, 3.05) is 30.9 Å². The highest BCUT2D eigenvalue weighted by Crippen LogP contribution is 2.27. The molecule has 1 amide bonds. The maximum atomic E-state index is 13.2. The second kappa shape index (κ2) is 10.3. The van der Waals surface area contributed by atoms with Gasteiger partial charge in [0, 0.05) is 12.4 Å². The van der Waals surface area contributed by atoms with Gasteiger partial charge in [-0.15, -0.1) is 10.2 Å². The predicted molar refractivity (Wildman–Crippen MR) is 110 cm³/mol. The molecule has 0 unspecified atom stereocenters. The lowest BCUT2D eigenvalue weighted by molar-refractivity contribution is 0.101. The van der Waals surface area contributed by atoms with Gasteiger partial charge in [0.2, 0.25) is 5.13 Å². The van der Waals surface area contributed by atoms with Crippen molar-refractivity contribution in [1.29, 1.82) is 0 Å². The minimum atomic E-state index is -0.462. The standard InChI is InChI=1S/C18H20FN5O3S2/c1-3-26-9-10-28-18-22-21-17(29-18)20-16(25)15-14(27-4-2)11-24(23-15)13-7-5-12(19)6-8-13/h5-8,11H,3-4,9-10H2,1-2H3,(H,20,21,25). The average molecular weight is 438 g/mol. The molecule has 3 rings (SSSR count). The average Bonchev–Trinajstić information content (AvgIpc) is 3.33. The van der Waals surface area contributed by atoms with Gasteiger partial charge in [0.15, 0.2) is 15.8 Å². The van der Waals surface area contributed by atoms with Crippen LogP contribution < -0.4 is 10.1 Å². The van der Waals surface area contributed by atoms with Crippen molar-refractivity contribution < 1.29 is 18.7 Å². The fourth-order valence-electron chi connectivity index (χ4n) is 2.31. The Hall–Kier alpha value is -2.50. The Kier molecular flexibility index (Phi) is 7.55. The SMILES string of the molecule is CCOCCSc1nnc(NC(=O)c2nn(-c3ccc(F)cc3)cc2OCC)s1. The van der Waals surface area contributed by atoms with E-state index in [9.17, 15) is 9.18 Å². The van der Waals surface area contributed by atoms with Gasteiger partial charge in [0.25, 0.3) is 5.91 Å². The summed E-state index contributed by atoms with van der Waals surface area (Å²) in [4.78, 5) is 12.7. The Balaban J connectivity index is 1.71. The normalized spacial score (nSPS) is 10.9. The molecular formula is C18H20FN5O3S2. The molecule has 0 radical (unpaired) electrons. The molecule has 0 aliphatic rings. The van der Waals surface area contributed by atoms with Crippen LogP contribution in [0, 0.1) is 5.82 Å². The molecule has 0 bridgehead atoms. The van der Waals surface area contributed by atoms with Crippen molar-refractivity contribution >= 4 is 34.1 Å². The van der Waals surface area contributed by atoms with Crippen LogP contribution in [0.3, 0.4) is 0 Å². The maximum Gasteiger partial charge on any atom is 0.281 e. The van der Waals surface area contributed by atoms with E-state index in [-0.39, 0.29) is 11.5 Å². The van der Waals surface area contributed by atoms with E-state index >= 15 is 0 Å². The van der Waals surface area contributed by atoms with Gasteiger partial charge in [-0.05, 0) is 38.1 Å². The third-order valence-corrected chi connectivity index (χ3v) is 5.51. The molecule has 0 fully saturated rings. The Morgan fingerprint density at radius 2 is 2.03 bits per heavy atom. The predicted octanol–water partition coefficient (Wildman–Crippen LogP) is 3.64. The van der Waals surface area contributed by atoms with Crippen LogP contribution in [0.5, 0.6) is 5.75 Å². The lowest BCUT2D eigenvalue weighted by atomic mass is 10.3. The number of amides is 1. The van der Waals surface area contributed by atoms with E-state index in [1.165, 1.54) is 39.9 Å². The smallest absolute Gasteiger partial charge is 0.281 e. The number of benzene rings is 1. The van der Waals surface area contributed by atoms with E-state index in [0.717, 1.165) is 10.1 Å². The summed E-state index contributed by atoms with van der Waals surface area (Å²) in [6.45, 7) is 5.42. The second-order valence-corrected chi connectivity index (χ2v) is 7.89. The molecule has 0 saturated carbocycles. The van der Waals surface area contributed by atoms with Crippen molar-refractivity contribution in [2.45, 2.75) is 18.2 Å². The molecule has 11 heteroatoms. The molecule has 3 aromatic rings. The van der Waals surface area contributed by atoms with E-state index in [2.05, 4.69) is 20.6 Å². The fraction of sp³-hybridized carbons (Fsp3) is 0.333. The van der Waals surface area contributed by atoms with Gasteiger partial charge in [-0.2, -0.15) is 5.10 Å². The molecule has 0 saturated heterocycles. The molecule has 0 spiro atoms. The highest BCUT2D eigenvalue weighted by atomic mass is 32.2. The molecule has 154 valence electrons. The first kappa shape index (κ1) is 21.2. The number of hydrogen-bond acceptors (Lipinski definition) is 8. The zero-order valence-corrected chi connectivity index (χ0v) is 17.6. The van der Waals surface area contributed by atoms with Crippen LogP contribution in [0.25, 0.3) is 5.69 Å². The summed E-state index contributed by atoms with van der Waals surface area (Å²) in [6.07, 6.45) is 1.58. The van der Waals surface area contributed by atoms with E-state index < -0.39 is 5.91 Å². The number of carbonyl (C=O) groups excluding carboxylic acids is 1. The number of anilines is 1. The van der Waals surface area contributed by atoms with Gasteiger partial charge in [-0.3, -0.25) is 10.1 Å². The first-order valence-corrected chi connectivity index (χ1v) is 10.7. The maximum absolute atomic E-state index is 13.2. The molecule has 2 heterocycles. The van der Waals surface area contributed by atoms with Crippen molar-refractivity contribution in [3.8, 4) is 11.4 Å². The van der Waals surface area contributed by atoms with E-state index in [1.54, 1.807) is 18.3 Å². The third kappa shape index (κ3) is 5.75. The lowest BCUT2D eigenvalue weighted by Crippen LogP contribution is -2.14. The van der Waals surface area contributed by atoms with Crippen LogP contribution in [0.4, 0.5) is 9.52 Å². The third-order valence-electron chi connectivity index (χ3n) is 3.57. The second-order valence-electron chi connectivity index (χ2n) is 5.57. The summed E-state index contributed by atoms with van der Waals surface area (Å²) >= 11 is 2.79. The van der Waals surface area contributed by atoms with Gasteiger partial charge in [0.1, 0.15) is 5.82 Å². The first-order valence-electron chi connectivity index (χ1n) is 8.94. The molecular weight excluding hydrogens is 417 g/mol. The summed E-state index contributed by atoms with van der Waals surface area (Å²) in [6, 6.07) is 5.78. The molecule has 2 aromatic heterocycles. The van der Waals surface area contributed by atoms with Gasteiger partial charge in [-0.25, -0.2) is 9.07 Å². The number of halogens is 1. The lowest BCUT2D eigenvalue weighted by Gasteiger charge is -2.02. The summed E-state index contributed by atoms with van der Waals surface area (Å²) < 4.78 is 26.2. The summed E-state index contributed by atoms with van der Waals surface area (Å²) in [5.41, 5.74) is 0.715. The fourth-order valence-corrected chi connectivity index (χ4v) is 3.98. The number of carbonyl (C=O) groups is 1. The molecule has 1 N–H and O–H groups in total. The van der Waals surface area contributed by atoms with Crippen molar-refractivity contribution in [3.63, 3.8) is 0 Å². The van der Waals surface area contributed by atoms with Crippen molar-refractivity contribution in [1.82, 2.24) is 20.0 Å². The topological polar surface area (TPSA) is 91.2 Å². The largest absolute Gasteiger partial charge is 0.490 e. The van der Waals surface area contributed by atoms with E-state index in [4.69, 9.17) is 9.47 Å². The Bertz CT molecular complexity index is 945. The number of rotatable bonds is 10. The summed E-state index contributed by atoms with van der Waals surface area (Å²) in [5.74, 6) is 0.268. The summed E-state index contributed by atoms with van der Waals surface area (Å²) in [5, 5.41) is 15.4. The minimum Gasteiger partial charge on any atom is -0.490 e. The first-order chi connectivity index (χ1) is 14.1. The number of aromatic nitrogens is 4. The molecule has 8 nitrogen and oxygen atoms in total. The van der Waals surface area contributed by atoms with Crippen LogP contribution in [0.1, 0.15) is 24.3 Å². The highest BCUT2D eigenvalue weighted by molar-refractivity contribution is 8.01. The molecule has 0 atom stereocenters.